The molecule has 0 bridgehead atoms. The van der Waals surface area contributed by atoms with Crippen LogP contribution in [0.1, 0.15) is 25.8 Å². The van der Waals surface area contributed by atoms with Crippen LogP contribution in [0, 0.1) is 11.3 Å². The van der Waals surface area contributed by atoms with E-state index in [4.69, 9.17) is 10.00 Å². The van der Waals surface area contributed by atoms with Gasteiger partial charge in [0.15, 0.2) is 0 Å². The number of rotatable bonds is 7. The second kappa shape index (κ2) is 9.29. The van der Waals surface area contributed by atoms with Gasteiger partial charge in [0, 0.05) is 18.3 Å². The molecule has 0 fully saturated rings. The molecule has 2 aromatic carbocycles. The van der Waals surface area contributed by atoms with Crippen LogP contribution in [0.5, 0.6) is 5.75 Å². The van der Waals surface area contributed by atoms with Crippen molar-refractivity contribution in [2.75, 3.05) is 18.1 Å². The summed E-state index contributed by atoms with van der Waals surface area (Å²) >= 11 is 0. The van der Waals surface area contributed by atoms with Crippen molar-refractivity contribution in [3.8, 4) is 11.8 Å². The Morgan fingerprint density at radius 2 is 1.84 bits per heavy atom. The van der Waals surface area contributed by atoms with Gasteiger partial charge in [-0.3, -0.25) is 4.79 Å². The highest BCUT2D eigenvalue weighted by Crippen LogP contribution is 2.21. The molecule has 0 N–H and O–H groups in total. The first kappa shape index (κ1) is 18.3. The second-order valence-corrected chi connectivity index (χ2v) is 5.52. The molecule has 4 nitrogen and oxygen atoms in total. The molecule has 2 rings (SSSR count). The van der Waals surface area contributed by atoms with Gasteiger partial charge in [-0.25, -0.2) is 0 Å². The fraction of sp³-hybridized carbons (Fsp3) is 0.238. The molecule has 0 radical (unpaired) electrons. The van der Waals surface area contributed by atoms with E-state index in [1.807, 2.05) is 68.4 Å². The average Bonchev–Trinajstić information content (AvgIpc) is 2.64. The number of nitriles is 1. The van der Waals surface area contributed by atoms with Crippen LogP contribution in [0.2, 0.25) is 0 Å². The maximum atomic E-state index is 12.8. The zero-order valence-electron chi connectivity index (χ0n) is 14.6. The summed E-state index contributed by atoms with van der Waals surface area (Å²) in [5.41, 5.74) is 2.64. The summed E-state index contributed by atoms with van der Waals surface area (Å²) in [4.78, 5) is 14.4. The Bertz CT molecular complexity index is 759. The van der Waals surface area contributed by atoms with Crippen molar-refractivity contribution in [3.63, 3.8) is 0 Å². The average molecular weight is 334 g/mol. The van der Waals surface area contributed by atoms with Crippen LogP contribution < -0.4 is 9.64 Å². The molecule has 0 aliphatic rings. The number of ether oxygens (including phenoxy) is 1. The van der Waals surface area contributed by atoms with Crippen LogP contribution in [0.15, 0.2) is 60.7 Å². The number of hydrogen-bond donors (Lipinski definition) is 0. The third-order valence-electron chi connectivity index (χ3n) is 3.74. The van der Waals surface area contributed by atoms with Crippen LogP contribution in [-0.2, 0) is 4.79 Å². The highest BCUT2D eigenvalue weighted by Gasteiger charge is 2.14. The van der Waals surface area contributed by atoms with Crippen molar-refractivity contribution in [2.24, 2.45) is 0 Å². The minimum atomic E-state index is -0.138. The number of allylic oxidation sites excluding steroid dienone is 1. The van der Waals surface area contributed by atoms with Crippen LogP contribution in [0.25, 0.3) is 5.57 Å². The summed E-state index contributed by atoms with van der Waals surface area (Å²) in [7, 11) is 0. The maximum Gasteiger partial charge on any atom is 0.251 e. The van der Waals surface area contributed by atoms with Crippen LogP contribution in [0.3, 0.4) is 0 Å². The molecule has 0 saturated carbocycles. The predicted molar refractivity (Wildman–Crippen MR) is 100 cm³/mol. The molecule has 0 unspecified atom stereocenters. The van der Waals surface area contributed by atoms with Crippen molar-refractivity contribution < 1.29 is 9.53 Å². The summed E-state index contributed by atoms with van der Waals surface area (Å²) in [6, 6.07) is 19.2. The Kier molecular flexibility index (Phi) is 6.79. The van der Waals surface area contributed by atoms with E-state index in [0.717, 1.165) is 22.6 Å². The molecule has 0 atom stereocenters. The molecule has 0 aromatic heterocycles. The molecule has 0 saturated heterocycles. The molecule has 25 heavy (non-hydrogen) atoms. The van der Waals surface area contributed by atoms with Crippen LogP contribution in [-0.4, -0.2) is 19.1 Å². The summed E-state index contributed by atoms with van der Waals surface area (Å²) in [6.45, 7) is 4.78. The summed E-state index contributed by atoms with van der Waals surface area (Å²) in [5.74, 6) is 0.621. The number of nitrogens with zero attached hydrogens (tertiary/aromatic N) is 2. The van der Waals surface area contributed by atoms with Gasteiger partial charge in [-0.2, -0.15) is 5.26 Å². The third-order valence-corrected chi connectivity index (χ3v) is 3.74. The Morgan fingerprint density at radius 3 is 2.44 bits per heavy atom. The molecular formula is C21H22N2O2. The molecule has 4 heteroatoms. The minimum Gasteiger partial charge on any atom is -0.494 e. The number of hydrogen-bond acceptors (Lipinski definition) is 3. The number of anilines is 1. The standard InChI is InChI=1S/C21H22N2O2/c1-3-25-20-12-10-19(11-13-20)23(15-7-14-22)21(24)16-17(2)18-8-5-4-6-9-18/h4-6,8-13,16H,3,7,15H2,1-2H3/b17-16-. The van der Waals surface area contributed by atoms with Crippen molar-refractivity contribution in [3.05, 3.63) is 66.2 Å². The van der Waals surface area contributed by atoms with Crippen molar-refractivity contribution in [2.45, 2.75) is 20.3 Å². The van der Waals surface area contributed by atoms with Gasteiger partial charge >= 0.3 is 0 Å². The van der Waals surface area contributed by atoms with E-state index in [2.05, 4.69) is 6.07 Å². The zero-order valence-corrected chi connectivity index (χ0v) is 14.6. The molecule has 128 valence electrons. The molecule has 2 aromatic rings. The molecular weight excluding hydrogens is 312 g/mol. The lowest BCUT2D eigenvalue weighted by Crippen LogP contribution is -2.30. The van der Waals surface area contributed by atoms with Gasteiger partial charge in [-0.1, -0.05) is 30.3 Å². The lowest BCUT2D eigenvalue weighted by Gasteiger charge is -2.21. The van der Waals surface area contributed by atoms with Gasteiger partial charge in [0.2, 0.25) is 0 Å². The Morgan fingerprint density at radius 1 is 1.16 bits per heavy atom. The van der Waals surface area contributed by atoms with E-state index in [1.165, 1.54) is 0 Å². The van der Waals surface area contributed by atoms with Gasteiger partial charge in [0.05, 0.1) is 19.1 Å². The highest BCUT2D eigenvalue weighted by atomic mass is 16.5. The van der Waals surface area contributed by atoms with Gasteiger partial charge in [0.1, 0.15) is 5.75 Å². The first-order chi connectivity index (χ1) is 12.2. The fourth-order valence-electron chi connectivity index (χ4n) is 2.46. The Hall–Kier alpha value is -3.06. The lowest BCUT2D eigenvalue weighted by molar-refractivity contribution is -0.114. The number of carbonyl (C=O) groups excluding carboxylic acids is 1. The zero-order chi connectivity index (χ0) is 18.1. The Balaban J connectivity index is 2.24. The monoisotopic (exact) mass is 334 g/mol. The van der Waals surface area contributed by atoms with Gasteiger partial charge in [0.25, 0.3) is 5.91 Å². The maximum absolute atomic E-state index is 12.8. The van der Waals surface area contributed by atoms with Crippen molar-refractivity contribution in [1.29, 1.82) is 5.26 Å². The number of benzene rings is 2. The normalized spacial score (nSPS) is 10.8. The molecule has 0 aliphatic heterocycles. The highest BCUT2D eigenvalue weighted by molar-refractivity contribution is 6.05. The predicted octanol–water partition coefficient (Wildman–Crippen LogP) is 4.44. The van der Waals surface area contributed by atoms with E-state index in [-0.39, 0.29) is 12.3 Å². The van der Waals surface area contributed by atoms with Crippen molar-refractivity contribution >= 4 is 17.2 Å². The largest absolute Gasteiger partial charge is 0.494 e. The molecule has 0 spiro atoms. The van der Waals surface area contributed by atoms with Gasteiger partial charge < -0.3 is 9.64 Å². The minimum absolute atomic E-state index is 0.138. The second-order valence-electron chi connectivity index (χ2n) is 5.52. The first-order valence-electron chi connectivity index (χ1n) is 8.30. The number of amides is 1. The van der Waals surface area contributed by atoms with Crippen molar-refractivity contribution in [1.82, 2.24) is 0 Å². The third kappa shape index (κ3) is 5.22. The molecule has 1 amide bonds. The van der Waals surface area contributed by atoms with Crippen LogP contribution in [0.4, 0.5) is 5.69 Å². The topological polar surface area (TPSA) is 53.3 Å². The van der Waals surface area contributed by atoms with E-state index in [1.54, 1.807) is 11.0 Å². The van der Waals surface area contributed by atoms with E-state index in [0.29, 0.717) is 13.2 Å². The van der Waals surface area contributed by atoms with Crippen LogP contribution >= 0.6 is 0 Å². The lowest BCUT2D eigenvalue weighted by atomic mass is 10.1. The molecule has 0 heterocycles. The van der Waals surface area contributed by atoms with E-state index in [9.17, 15) is 4.79 Å². The quantitative estimate of drug-likeness (QED) is 0.704. The molecule has 0 aliphatic carbocycles. The van der Waals surface area contributed by atoms with Gasteiger partial charge in [-0.05, 0) is 49.2 Å². The van der Waals surface area contributed by atoms with E-state index < -0.39 is 0 Å². The SMILES string of the molecule is CCOc1ccc(N(CCC#N)C(=O)/C=C(/C)c2ccccc2)cc1. The fourth-order valence-corrected chi connectivity index (χ4v) is 2.46. The van der Waals surface area contributed by atoms with Gasteiger partial charge in [-0.15, -0.1) is 0 Å². The summed E-state index contributed by atoms with van der Waals surface area (Å²) in [5, 5.41) is 8.89. The smallest absolute Gasteiger partial charge is 0.251 e. The Labute approximate surface area is 149 Å². The summed E-state index contributed by atoms with van der Waals surface area (Å²) < 4.78 is 5.44. The first-order valence-corrected chi connectivity index (χ1v) is 8.30. The summed E-state index contributed by atoms with van der Waals surface area (Å²) in [6.07, 6.45) is 1.89. The number of carbonyl (C=O) groups is 1. The van der Waals surface area contributed by atoms with E-state index >= 15 is 0 Å².